The maximum atomic E-state index is 6.61. The Kier molecular flexibility index (Phi) is 11.1. The molecule has 1 N–H and O–H groups in total. The molecule has 0 radical (unpaired) electrons. The van der Waals surface area contributed by atoms with Crippen molar-refractivity contribution in [2.75, 3.05) is 0 Å². The van der Waals surface area contributed by atoms with E-state index in [0.717, 1.165) is 117 Å². The van der Waals surface area contributed by atoms with Crippen molar-refractivity contribution in [1.29, 1.82) is 5.41 Å². The lowest BCUT2D eigenvalue weighted by Crippen LogP contribution is -1.94. The molecule has 0 aliphatic rings. The van der Waals surface area contributed by atoms with Gasteiger partial charge in [-0.25, -0.2) is 0 Å². The molecule has 6 aromatic heterocycles. The molecular formula is C61H42N6O. The van der Waals surface area contributed by atoms with Crippen LogP contribution in [0.1, 0.15) is 0 Å². The maximum absolute atomic E-state index is 6.61. The van der Waals surface area contributed by atoms with Crippen molar-refractivity contribution < 1.29 is 4.42 Å². The standard InChI is InChI=1S/C56H35N5O.C5H7N/c1-3-15-41(49-17-5-9-27-57-49)39(13-1)36-21-24-53-45(31-36)46-32-37(40-14-2-4-16-42(40)50-18-6-10-28-58-50)22-25-54(46)61(53)38-23-26-55-47(33-38)48-34-43(51-19-7-11-29-59-51)44(35-56(48)62-55)52-20-8-12-30-60-52;1-2-3-4-5-6/h1-35H;2-6H,1H2/b;4-3-,6-5?. The van der Waals surface area contributed by atoms with Crippen LogP contribution in [0.25, 0.3) is 117 Å². The summed E-state index contributed by atoms with van der Waals surface area (Å²) < 4.78 is 8.99. The number of nitrogens with one attached hydrogen (secondary N) is 1. The molecule has 68 heavy (non-hydrogen) atoms. The largest absolute Gasteiger partial charge is 0.456 e. The van der Waals surface area contributed by atoms with Crippen molar-refractivity contribution in [3.8, 4) is 73.0 Å². The van der Waals surface area contributed by atoms with E-state index in [9.17, 15) is 0 Å². The van der Waals surface area contributed by atoms with Gasteiger partial charge in [0.25, 0.3) is 0 Å². The highest BCUT2D eigenvalue weighted by molar-refractivity contribution is 6.13. The van der Waals surface area contributed by atoms with E-state index in [1.54, 1.807) is 18.2 Å². The number of hydrogen-bond acceptors (Lipinski definition) is 6. The molecule has 6 aromatic carbocycles. The Morgan fingerprint density at radius 1 is 0.397 bits per heavy atom. The third kappa shape index (κ3) is 7.74. The third-order valence-electron chi connectivity index (χ3n) is 12.2. The van der Waals surface area contributed by atoms with E-state index in [1.165, 1.54) is 6.21 Å². The number of nitrogens with zero attached hydrogens (tertiary/aromatic N) is 5. The van der Waals surface area contributed by atoms with Gasteiger partial charge < -0.3 is 14.4 Å². The molecule has 7 nitrogen and oxygen atoms in total. The lowest BCUT2D eigenvalue weighted by molar-refractivity contribution is 0.669. The number of hydrogen-bond donors (Lipinski definition) is 1. The Bertz CT molecular complexity index is 3670. The molecule has 12 aromatic rings. The molecule has 0 atom stereocenters. The van der Waals surface area contributed by atoms with Crippen molar-refractivity contribution >= 4 is 50.0 Å². The summed E-state index contributed by atoms with van der Waals surface area (Å²) in [6.45, 7) is 3.41. The Hall–Kier alpha value is -9.33. The molecule has 6 heterocycles. The van der Waals surface area contributed by atoms with Gasteiger partial charge in [0.2, 0.25) is 0 Å². The fourth-order valence-electron chi connectivity index (χ4n) is 9.15. The summed E-state index contributed by atoms with van der Waals surface area (Å²) in [5.74, 6) is 0. The van der Waals surface area contributed by atoms with Crippen LogP contribution in [0.4, 0.5) is 0 Å². The minimum absolute atomic E-state index is 0.798. The monoisotopic (exact) mass is 874 g/mol. The van der Waals surface area contributed by atoms with Gasteiger partial charge in [0.05, 0.1) is 33.8 Å². The van der Waals surface area contributed by atoms with Crippen molar-refractivity contribution in [1.82, 2.24) is 24.5 Å². The number of rotatable bonds is 9. The van der Waals surface area contributed by atoms with E-state index in [-0.39, 0.29) is 0 Å². The van der Waals surface area contributed by atoms with Gasteiger partial charge in [0.15, 0.2) is 0 Å². The predicted octanol–water partition coefficient (Wildman–Crippen LogP) is 15.6. The summed E-state index contributed by atoms with van der Waals surface area (Å²) in [7, 11) is 0. The highest BCUT2D eigenvalue weighted by atomic mass is 16.3. The number of pyridine rings is 4. The second kappa shape index (κ2) is 18.3. The molecule has 0 unspecified atom stereocenters. The van der Waals surface area contributed by atoms with Crippen LogP contribution in [0.2, 0.25) is 0 Å². The van der Waals surface area contributed by atoms with Gasteiger partial charge in [0.1, 0.15) is 11.2 Å². The van der Waals surface area contributed by atoms with Crippen molar-refractivity contribution in [3.05, 3.63) is 238 Å². The van der Waals surface area contributed by atoms with Gasteiger partial charge >= 0.3 is 0 Å². The average Bonchev–Trinajstić information content (AvgIpc) is 3.95. The summed E-state index contributed by atoms with van der Waals surface area (Å²) in [5, 5.41) is 10.8. The smallest absolute Gasteiger partial charge is 0.136 e. The minimum Gasteiger partial charge on any atom is -0.456 e. The van der Waals surface area contributed by atoms with Crippen LogP contribution in [-0.2, 0) is 0 Å². The van der Waals surface area contributed by atoms with E-state index in [1.807, 2.05) is 85.5 Å². The molecule has 0 aliphatic heterocycles. The van der Waals surface area contributed by atoms with Crippen LogP contribution in [0.15, 0.2) is 242 Å². The molecule has 0 saturated carbocycles. The van der Waals surface area contributed by atoms with Crippen molar-refractivity contribution in [2.24, 2.45) is 0 Å². The van der Waals surface area contributed by atoms with E-state index in [0.29, 0.717) is 0 Å². The average molecular weight is 875 g/mol. The summed E-state index contributed by atoms with van der Waals surface area (Å²) >= 11 is 0. The highest BCUT2D eigenvalue weighted by Crippen LogP contribution is 2.43. The zero-order chi connectivity index (χ0) is 45.8. The lowest BCUT2D eigenvalue weighted by atomic mass is 9.94. The maximum Gasteiger partial charge on any atom is 0.136 e. The lowest BCUT2D eigenvalue weighted by Gasteiger charge is -2.11. The zero-order valence-electron chi connectivity index (χ0n) is 36.9. The van der Waals surface area contributed by atoms with Crippen LogP contribution in [0.3, 0.4) is 0 Å². The number of fused-ring (bicyclic) bond motifs is 6. The van der Waals surface area contributed by atoms with E-state index >= 15 is 0 Å². The second-order valence-electron chi connectivity index (χ2n) is 16.2. The van der Waals surface area contributed by atoms with Crippen LogP contribution in [0, 0.1) is 5.41 Å². The third-order valence-corrected chi connectivity index (χ3v) is 12.2. The molecule has 0 aliphatic carbocycles. The summed E-state index contributed by atoms with van der Waals surface area (Å²) in [6, 6.07) is 65.7. The molecule has 322 valence electrons. The molecule has 0 spiro atoms. The quantitative estimate of drug-likeness (QED) is 0.115. The van der Waals surface area contributed by atoms with Gasteiger partial charge in [-0.1, -0.05) is 104 Å². The molecular weight excluding hydrogens is 833 g/mol. The zero-order valence-corrected chi connectivity index (χ0v) is 36.9. The topological polar surface area (TPSA) is 93.5 Å². The van der Waals surface area contributed by atoms with Crippen LogP contribution < -0.4 is 0 Å². The first-order chi connectivity index (χ1) is 33.7. The Morgan fingerprint density at radius 3 is 1.31 bits per heavy atom. The second-order valence-corrected chi connectivity index (χ2v) is 16.2. The van der Waals surface area contributed by atoms with Crippen LogP contribution in [0.5, 0.6) is 0 Å². The summed E-state index contributed by atoms with van der Waals surface area (Å²) in [6.07, 6.45) is 13.5. The van der Waals surface area contributed by atoms with Crippen molar-refractivity contribution in [3.63, 3.8) is 0 Å². The molecule has 0 bridgehead atoms. The van der Waals surface area contributed by atoms with Crippen LogP contribution in [-0.4, -0.2) is 30.7 Å². The van der Waals surface area contributed by atoms with Crippen molar-refractivity contribution in [2.45, 2.75) is 0 Å². The fraction of sp³-hybridized carbons (Fsp3) is 0. The molecule has 0 amide bonds. The first kappa shape index (κ1) is 41.4. The minimum atomic E-state index is 0.798. The van der Waals surface area contributed by atoms with Gasteiger partial charge in [0, 0.05) is 80.5 Å². The summed E-state index contributed by atoms with van der Waals surface area (Å²) in [4.78, 5) is 18.9. The Labute approximate surface area is 393 Å². The predicted molar refractivity (Wildman–Crippen MR) is 280 cm³/mol. The number of furan rings is 1. The summed E-state index contributed by atoms with van der Waals surface area (Å²) in [5.41, 5.74) is 17.2. The van der Waals surface area contributed by atoms with E-state index < -0.39 is 0 Å². The molecule has 7 heteroatoms. The van der Waals surface area contributed by atoms with Crippen LogP contribution >= 0.6 is 0 Å². The van der Waals surface area contributed by atoms with Gasteiger partial charge in [-0.3, -0.25) is 19.9 Å². The number of allylic oxidation sites excluding steroid dienone is 3. The van der Waals surface area contributed by atoms with Gasteiger partial charge in [-0.2, -0.15) is 0 Å². The fourth-order valence-corrected chi connectivity index (χ4v) is 9.15. The Morgan fingerprint density at radius 2 is 0.853 bits per heavy atom. The molecule has 0 saturated heterocycles. The first-order valence-corrected chi connectivity index (χ1v) is 22.4. The van der Waals surface area contributed by atoms with Gasteiger partial charge in [-0.05, 0) is 131 Å². The molecule has 0 fully saturated rings. The van der Waals surface area contributed by atoms with E-state index in [4.69, 9.17) is 29.8 Å². The Balaban J connectivity index is 0.000000796. The number of benzene rings is 6. The van der Waals surface area contributed by atoms with Gasteiger partial charge in [-0.15, -0.1) is 0 Å². The first-order valence-electron chi connectivity index (χ1n) is 22.4. The highest BCUT2D eigenvalue weighted by Gasteiger charge is 2.20. The number of aromatic nitrogens is 5. The SMILES string of the molecule is C=C/C=C\C=N.c1ccc(-c2ccccc2-c2ccc3c(c2)c2cc(-c4ccccc4-c4ccccn4)ccc2n3-c2ccc3oc4cc(-c5ccccn5)c(-c5ccccn5)cc4c3c2)nc1. The molecule has 12 rings (SSSR count). The van der Waals surface area contributed by atoms with E-state index in [2.05, 4.69) is 139 Å². The normalized spacial score (nSPS) is 11.3.